The molecule has 2 atom stereocenters. The van der Waals surface area contributed by atoms with Gasteiger partial charge in [0.15, 0.2) is 0 Å². The number of hydrogen-bond acceptors (Lipinski definition) is 7. The lowest BCUT2D eigenvalue weighted by molar-refractivity contribution is -0.160. The first kappa shape index (κ1) is 27.8. The molecule has 0 aliphatic heterocycles. The first-order valence-electron chi connectivity index (χ1n) is 10.9. The van der Waals surface area contributed by atoms with Crippen molar-refractivity contribution >= 4 is 5.97 Å². The van der Waals surface area contributed by atoms with Gasteiger partial charge in [0.05, 0.1) is 33.4 Å². The average Bonchev–Trinajstić information content (AvgIpc) is 2.74. The topological polar surface area (TPSA) is 83.5 Å². The normalized spacial score (nSPS) is 13.0. The molecule has 7 nitrogen and oxygen atoms in total. The number of rotatable bonds is 14. The third-order valence-corrected chi connectivity index (χ3v) is 4.51. The highest BCUT2D eigenvalue weighted by Gasteiger charge is 2.26. The van der Waals surface area contributed by atoms with Crippen LogP contribution in [0.25, 0.3) is 0 Å². The predicted molar refractivity (Wildman–Crippen MR) is 123 cm³/mol. The third kappa shape index (κ3) is 11.4. The van der Waals surface area contributed by atoms with Crippen molar-refractivity contribution in [2.75, 3.05) is 40.6 Å². The van der Waals surface area contributed by atoms with E-state index in [2.05, 4.69) is 11.8 Å². The van der Waals surface area contributed by atoms with Gasteiger partial charge in [0.25, 0.3) is 0 Å². The molecule has 1 aromatic carbocycles. The Morgan fingerprint density at radius 3 is 2.47 bits per heavy atom. The van der Waals surface area contributed by atoms with Crippen molar-refractivity contribution in [1.82, 2.24) is 0 Å². The summed E-state index contributed by atoms with van der Waals surface area (Å²) in [7, 11) is 3.19. The van der Waals surface area contributed by atoms with E-state index in [0.717, 1.165) is 5.56 Å². The molecule has 0 saturated heterocycles. The molecule has 0 aliphatic carbocycles. The van der Waals surface area contributed by atoms with E-state index in [-0.39, 0.29) is 25.1 Å². The predicted octanol–water partition coefficient (Wildman–Crippen LogP) is 3.40. The summed E-state index contributed by atoms with van der Waals surface area (Å²) in [5.41, 5.74) is 0.343. The molecule has 0 aromatic heterocycles. The Morgan fingerprint density at radius 1 is 1.12 bits per heavy atom. The van der Waals surface area contributed by atoms with Gasteiger partial charge in [-0.05, 0) is 58.6 Å². The largest absolute Gasteiger partial charge is 0.497 e. The van der Waals surface area contributed by atoms with Gasteiger partial charge in [0.1, 0.15) is 29.8 Å². The number of carbonyl (C=O) groups is 1. The monoisotopic (exact) mass is 450 g/mol. The highest BCUT2D eigenvalue weighted by molar-refractivity contribution is 5.73. The second-order valence-corrected chi connectivity index (χ2v) is 8.43. The van der Waals surface area contributed by atoms with Crippen LogP contribution in [0.3, 0.4) is 0 Å². The first-order valence-corrected chi connectivity index (χ1v) is 10.9. The van der Waals surface area contributed by atoms with Crippen LogP contribution in [0.1, 0.15) is 46.1 Å². The van der Waals surface area contributed by atoms with E-state index in [1.54, 1.807) is 27.2 Å². The van der Waals surface area contributed by atoms with Gasteiger partial charge >= 0.3 is 5.97 Å². The molecule has 0 saturated carbocycles. The zero-order chi connectivity index (χ0) is 24.0. The molecule has 0 spiro atoms. The second kappa shape index (κ2) is 14.7. The summed E-state index contributed by atoms with van der Waals surface area (Å²) >= 11 is 0. The summed E-state index contributed by atoms with van der Waals surface area (Å²) in [4.78, 5) is 12.8. The molecule has 0 aliphatic rings. The quantitative estimate of drug-likeness (QED) is 0.264. The van der Waals surface area contributed by atoms with Gasteiger partial charge in [-0.15, -0.1) is 5.92 Å². The highest BCUT2D eigenvalue weighted by Crippen LogP contribution is 2.29. The van der Waals surface area contributed by atoms with Crippen LogP contribution in [0.4, 0.5) is 0 Å². The summed E-state index contributed by atoms with van der Waals surface area (Å²) in [6.07, 6.45) is 1.01. The van der Waals surface area contributed by atoms with Crippen LogP contribution in [0.2, 0.25) is 0 Å². The zero-order valence-electron chi connectivity index (χ0n) is 20.2. The van der Waals surface area contributed by atoms with Crippen molar-refractivity contribution in [3.8, 4) is 23.3 Å². The van der Waals surface area contributed by atoms with Crippen LogP contribution in [0, 0.1) is 17.8 Å². The van der Waals surface area contributed by atoms with Gasteiger partial charge in [-0.1, -0.05) is 12.0 Å². The molecule has 0 amide bonds. The summed E-state index contributed by atoms with van der Waals surface area (Å²) in [5, 5.41) is 9.87. The molecule has 32 heavy (non-hydrogen) atoms. The van der Waals surface area contributed by atoms with E-state index in [1.807, 2.05) is 32.9 Å². The minimum atomic E-state index is -0.709. The number of methoxy groups -OCH3 is 2. The number of aliphatic hydroxyl groups excluding tert-OH is 1. The van der Waals surface area contributed by atoms with Crippen molar-refractivity contribution in [3.63, 3.8) is 0 Å². The fourth-order valence-corrected chi connectivity index (χ4v) is 2.99. The van der Waals surface area contributed by atoms with E-state index in [1.165, 1.54) is 0 Å². The maximum absolute atomic E-state index is 12.8. The number of benzene rings is 1. The van der Waals surface area contributed by atoms with Crippen molar-refractivity contribution < 1.29 is 33.6 Å². The van der Waals surface area contributed by atoms with E-state index in [4.69, 9.17) is 23.7 Å². The van der Waals surface area contributed by atoms with Crippen molar-refractivity contribution in [2.45, 2.75) is 58.7 Å². The fraction of sp³-hybridized carbons (Fsp3) is 0.640. The molecule has 0 fully saturated rings. The number of ether oxygens (including phenoxy) is 5. The smallest absolute Gasteiger partial charge is 0.309 e. The molecule has 0 heterocycles. The zero-order valence-corrected chi connectivity index (χ0v) is 20.2. The summed E-state index contributed by atoms with van der Waals surface area (Å²) in [5.74, 6) is 6.26. The Balaban J connectivity index is 2.64. The van der Waals surface area contributed by atoms with Crippen LogP contribution < -0.4 is 9.47 Å². The highest BCUT2D eigenvalue weighted by atomic mass is 16.6. The number of esters is 1. The standard InChI is InChI=1S/C25H38O7/c1-7-8-13-30-17-21(26)18-31-14-9-10-20(24(27)32-25(2,3)4)15-19-11-12-22(28-5)16-23(19)29-6/h11-12,16,20-21,26H,9-10,13-15,17-18H2,1-6H3. The molecular weight excluding hydrogens is 412 g/mol. The lowest BCUT2D eigenvalue weighted by Gasteiger charge is -2.24. The Labute approximate surface area is 192 Å². The average molecular weight is 451 g/mol. The second-order valence-electron chi connectivity index (χ2n) is 8.43. The number of aliphatic hydroxyl groups is 1. The maximum atomic E-state index is 12.8. The summed E-state index contributed by atoms with van der Waals surface area (Å²) in [6.45, 7) is 8.36. The van der Waals surface area contributed by atoms with E-state index in [0.29, 0.717) is 44.0 Å². The van der Waals surface area contributed by atoms with Gasteiger partial charge in [-0.2, -0.15) is 0 Å². The minimum absolute atomic E-state index is 0.170. The van der Waals surface area contributed by atoms with Crippen molar-refractivity contribution in [2.24, 2.45) is 5.92 Å². The lowest BCUT2D eigenvalue weighted by atomic mass is 9.94. The molecule has 1 aromatic rings. The lowest BCUT2D eigenvalue weighted by Crippen LogP contribution is -2.30. The molecule has 1 rings (SSSR count). The van der Waals surface area contributed by atoms with Gasteiger partial charge in [-0.3, -0.25) is 4.79 Å². The van der Waals surface area contributed by atoms with Crippen molar-refractivity contribution in [1.29, 1.82) is 0 Å². The fourth-order valence-electron chi connectivity index (χ4n) is 2.99. The van der Waals surface area contributed by atoms with E-state index >= 15 is 0 Å². The van der Waals surface area contributed by atoms with Crippen LogP contribution in [-0.4, -0.2) is 63.4 Å². The SMILES string of the molecule is CC#CCOCC(O)COCCCC(Cc1ccc(OC)cc1OC)C(=O)OC(C)(C)C. The Morgan fingerprint density at radius 2 is 1.84 bits per heavy atom. The van der Waals surface area contributed by atoms with Crippen LogP contribution in [0.15, 0.2) is 18.2 Å². The Hall–Kier alpha value is -2.27. The number of carbonyl (C=O) groups excluding carboxylic acids is 1. The van der Waals surface area contributed by atoms with Crippen LogP contribution >= 0.6 is 0 Å². The van der Waals surface area contributed by atoms with Gasteiger partial charge in [-0.25, -0.2) is 0 Å². The molecule has 0 radical (unpaired) electrons. The van der Waals surface area contributed by atoms with E-state index in [9.17, 15) is 9.90 Å². The van der Waals surface area contributed by atoms with Gasteiger partial charge < -0.3 is 28.8 Å². The maximum Gasteiger partial charge on any atom is 0.309 e. The van der Waals surface area contributed by atoms with Crippen LogP contribution in [-0.2, 0) is 25.4 Å². The molecule has 2 unspecified atom stereocenters. The Bertz CT molecular complexity index is 743. The summed E-state index contributed by atoms with van der Waals surface area (Å²) < 4.78 is 27.1. The van der Waals surface area contributed by atoms with E-state index < -0.39 is 11.7 Å². The first-order chi connectivity index (χ1) is 15.2. The summed E-state index contributed by atoms with van der Waals surface area (Å²) in [6, 6.07) is 5.56. The Kier molecular flexibility index (Phi) is 12.8. The van der Waals surface area contributed by atoms with Gasteiger partial charge in [0, 0.05) is 12.7 Å². The number of hydrogen-bond donors (Lipinski definition) is 1. The molecule has 1 N–H and O–H groups in total. The van der Waals surface area contributed by atoms with Crippen LogP contribution in [0.5, 0.6) is 11.5 Å². The molecule has 180 valence electrons. The van der Waals surface area contributed by atoms with Gasteiger partial charge in [0.2, 0.25) is 0 Å². The molecule has 7 heteroatoms. The van der Waals surface area contributed by atoms with Crippen molar-refractivity contribution in [3.05, 3.63) is 23.8 Å². The third-order valence-electron chi connectivity index (χ3n) is 4.51. The molecule has 0 bridgehead atoms. The molecular formula is C25H38O7. The minimum Gasteiger partial charge on any atom is -0.497 e.